The molecule has 2 fully saturated rings. The van der Waals surface area contributed by atoms with E-state index in [1.807, 2.05) is 11.8 Å². The van der Waals surface area contributed by atoms with Gasteiger partial charge >= 0.3 is 0 Å². The summed E-state index contributed by atoms with van der Waals surface area (Å²) in [6, 6.07) is 11.7. The molecule has 0 aromatic heterocycles. The minimum absolute atomic E-state index is 0.0794. The molecule has 8 heteroatoms. The van der Waals surface area contributed by atoms with E-state index in [-0.39, 0.29) is 17.4 Å². The number of nitrogens with zero attached hydrogens (tertiary/aromatic N) is 3. The summed E-state index contributed by atoms with van der Waals surface area (Å²) in [6.07, 6.45) is 3.13. The molecule has 5 rings (SSSR count). The van der Waals surface area contributed by atoms with Crippen molar-refractivity contribution in [1.82, 2.24) is 9.80 Å². The molecule has 0 unspecified atom stereocenters. The Morgan fingerprint density at radius 3 is 2.33 bits per heavy atom. The molecule has 190 valence electrons. The van der Waals surface area contributed by atoms with Crippen molar-refractivity contribution in [2.24, 2.45) is 5.92 Å². The van der Waals surface area contributed by atoms with Crippen LogP contribution in [0.4, 0.5) is 5.69 Å². The van der Waals surface area contributed by atoms with Crippen molar-refractivity contribution in [3.63, 3.8) is 0 Å². The highest BCUT2D eigenvalue weighted by atomic mass is 16.5. The zero-order valence-corrected chi connectivity index (χ0v) is 20.8. The van der Waals surface area contributed by atoms with Crippen LogP contribution in [0, 0.1) is 5.92 Å². The number of imide groups is 1. The summed E-state index contributed by atoms with van der Waals surface area (Å²) in [4.78, 5) is 44.9. The van der Waals surface area contributed by atoms with Crippen LogP contribution in [0.1, 0.15) is 57.3 Å². The van der Waals surface area contributed by atoms with Gasteiger partial charge in [0.15, 0.2) is 0 Å². The Bertz CT molecular complexity index is 1120. The number of hydrogen-bond donors (Lipinski definition) is 0. The van der Waals surface area contributed by atoms with Crippen LogP contribution in [0.15, 0.2) is 42.5 Å². The maximum Gasteiger partial charge on any atom is 0.266 e. The summed E-state index contributed by atoms with van der Waals surface area (Å²) in [7, 11) is 0. The maximum atomic E-state index is 13.2. The average molecular weight is 492 g/mol. The van der Waals surface area contributed by atoms with E-state index in [4.69, 9.17) is 9.47 Å². The van der Waals surface area contributed by atoms with Crippen molar-refractivity contribution < 1.29 is 23.9 Å². The molecule has 2 saturated heterocycles. The number of piperidine rings is 1. The van der Waals surface area contributed by atoms with E-state index < -0.39 is 5.91 Å². The Labute approximate surface area is 211 Å². The second-order valence-corrected chi connectivity index (χ2v) is 9.61. The SMILES string of the molecule is CCOc1ccc(N2C(=O)c3ccc(C(=O)N4CCC(CCN5CCOCC5)CC4)cc3C2=O)cc1. The van der Waals surface area contributed by atoms with Crippen molar-refractivity contribution in [3.8, 4) is 5.75 Å². The first-order chi connectivity index (χ1) is 17.5. The quantitative estimate of drug-likeness (QED) is 0.552. The van der Waals surface area contributed by atoms with Crippen LogP contribution in [0.5, 0.6) is 5.75 Å². The molecule has 8 nitrogen and oxygen atoms in total. The van der Waals surface area contributed by atoms with Crippen molar-refractivity contribution in [1.29, 1.82) is 0 Å². The molecule has 0 saturated carbocycles. The third-order valence-electron chi connectivity index (χ3n) is 7.40. The fraction of sp³-hybridized carbons (Fsp3) is 0.464. The van der Waals surface area contributed by atoms with Crippen molar-refractivity contribution >= 4 is 23.4 Å². The van der Waals surface area contributed by atoms with Gasteiger partial charge in [0.2, 0.25) is 0 Å². The van der Waals surface area contributed by atoms with Gasteiger partial charge in [0, 0.05) is 31.7 Å². The third kappa shape index (κ3) is 5.01. The number of carbonyl (C=O) groups excluding carboxylic acids is 3. The summed E-state index contributed by atoms with van der Waals surface area (Å²) >= 11 is 0. The number of carbonyl (C=O) groups is 3. The molecule has 2 aromatic rings. The lowest BCUT2D eigenvalue weighted by atomic mass is 9.92. The molecule has 0 atom stereocenters. The minimum atomic E-state index is -0.407. The van der Waals surface area contributed by atoms with E-state index in [1.165, 1.54) is 0 Å². The number of benzene rings is 2. The lowest BCUT2D eigenvalue weighted by molar-refractivity contribution is 0.0332. The van der Waals surface area contributed by atoms with Gasteiger partial charge < -0.3 is 14.4 Å². The van der Waals surface area contributed by atoms with Crippen LogP contribution in [-0.2, 0) is 4.74 Å². The number of anilines is 1. The molecule has 0 aliphatic carbocycles. The second kappa shape index (κ2) is 10.8. The predicted molar refractivity (Wildman–Crippen MR) is 136 cm³/mol. The van der Waals surface area contributed by atoms with Crippen molar-refractivity contribution in [3.05, 3.63) is 59.2 Å². The summed E-state index contributed by atoms with van der Waals surface area (Å²) in [5.41, 5.74) is 1.54. The number of hydrogen-bond acceptors (Lipinski definition) is 6. The summed E-state index contributed by atoms with van der Waals surface area (Å²) < 4.78 is 10.9. The van der Waals surface area contributed by atoms with Crippen LogP contribution >= 0.6 is 0 Å². The Balaban J connectivity index is 1.21. The van der Waals surface area contributed by atoms with Crippen molar-refractivity contribution in [2.75, 3.05) is 57.4 Å². The molecule has 3 amide bonds. The van der Waals surface area contributed by atoms with Gasteiger partial charge in [0.05, 0.1) is 36.6 Å². The lowest BCUT2D eigenvalue weighted by Crippen LogP contribution is -2.40. The number of likely N-dealkylation sites (tertiary alicyclic amines) is 1. The smallest absolute Gasteiger partial charge is 0.266 e. The van der Waals surface area contributed by atoms with E-state index in [9.17, 15) is 14.4 Å². The van der Waals surface area contributed by atoms with Gasteiger partial charge in [-0.2, -0.15) is 0 Å². The van der Waals surface area contributed by atoms with E-state index in [0.29, 0.717) is 35.1 Å². The van der Waals surface area contributed by atoms with Gasteiger partial charge in [0.25, 0.3) is 17.7 Å². The van der Waals surface area contributed by atoms with Crippen LogP contribution < -0.4 is 9.64 Å². The van der Waals surface area contributed by atoms with Crippen LogP contribution in [-0.4, -0.2) is 80.1 Å². The molecular weight excluding hydrogens is 458 g/mol. The molecule has 0 spiro atoms. The van der Waals surface area contributed by atoms with Gasteiger partial charge in [-0.05, 0) is 81.1 Å². The molecule has 0 radical (unpaired) electrons. The maximum absolute atomic E-state index is 13.2. The first-order valence-corrected chi connectivity index (χ1v) is 12.9. The van der Waals surface area contributed by atoms with Gasteiger partial charge in [-0.1, -0.05) is 0 Å². The first kappa shape index (κ1) is 24.5. The monoisotopic (exact) mass is 491 g/mol. The lowest BCUT2D eigenvalue weighted by Gasteiger charge is -2.34. The van der Waals surface area contributed by atoms with Crippen molar-refractivity contribution in [2.45, 2.75) is 26.2 Å². The molecule has 3 aliphatic rings. The van der Waals surface area contributed by atoms with E-state index >= 15 is 0 Å². The highest BCUT2D eigenvalue weighted by molar-refractivity contribution is 6.34. The number of fused-ring (bicyclic) bond motifs is 1. The number of amides is 3. The van der Waals surface area contributed by atoms with Gasteiger partial charge in [-0.3, -0.25) is 19.3 Å². The zero-order chi connectivity index (χ0) is 25.1. The van der Waals surface area contributed by atoms with Gasteiger partial charge in [0.1, 0.15) is 5.75 Å². The highest BCUT2D eigenvalue weighted by Gasteiger charge is 2.37. The number of rotatable bonds is 7. The zero-order valence-electron chi connectivity index (χ0n) is 20.8. The third-order valence-corrected chi connectivity index (χ3v) is 7.40. The Morgan fingerprint density at radius 1 is 0.944 bits per heavy atom. The Morgan fingerprint density at radius 2 is 1.64 bits per heavy atom. The van der Waals surface area contributed by atoms with E-state index in [1.54, 1.807) is 42.5 Å². The summed E-state index contributed by atoms with van der Waals surface area (Å²) in [5.74, 6) is 0.438. The second-order valence-electron chi connectivity index (χ2n) is 9.61. The fourth-order valence-electron chi connectivity index (χ4n) is 5.26. The first-order valence-electron chi connectivity index (χ1n) is 12.9. The summed E-state index contributed by atoms with van der Waals surface area (Å²) in [5, 5.41) is 0. The largest absolute Gasteiger partial charge is 0.494 e. The predicted octanol–water partition coefficient (Wildman–Crippen LogP) is 3.46. The van der Waals surface area contributed by atoms with Gasteiger partial charge in [-0.15, -0.1) is 0 Å². The fourth-order valence-corrected chi connectivity index (χ4v) is 5.26. The normalized spacial score (nSPS) is 19.0. The Kier molecular flexibility index (Phi) is 7.34. The average Bonchev–Trinajstić information content (AvgIpc) is 3.17. The molecule has 36 heavy (non-hydrogen) atoms. The highest BCUT2D eigenvalue weighted by Crippen LogP contribution is 2.31. The molecule has 0 N–H and O–H groups in total. The van der Waals surface area contributed by atoms with Crippen LogP contribution in [0.2, 0.25) is 0 Å². The van der Waals surface area contributed by atoms with Crippen LogP contribution in [0.25, 0.3) is 0 Å². The molecule has 0 bridgehead atoms. The Hall–Kier alpha value is -3.23. The van der Waals surface area contributed by atoms with E-state index in [2.05, 4.69) is 4.90 Å². The molecule has 3 aliphatic heterocycles. The summed E-state index contributed by atoms with van der Waals surface area (Å²) in [6.45, 7) is 8.61. The van der Waals surface area contributed by atoms with Crippen LogP contribution in [0.3, 0.4) is 0 Å². The topological polar surface area (TPSA) is 79.4 Å². The number of ether oxygens (including phenoxy) is 2. The standard InChI is InChI=1S/C28H33N3O5/c1-2-36-23-6-4-22(5-7-23)31-27(33)24-8-3-21(19-25(24)28(31)34)26(32)30-13-10-20(11-14-30)9-12-29-15-17-35-18-16-29/h3-8,19-20H,2,9-18H2,1H3. The molecular formula is C28H33N3O5. The van der Waals surface area contributed by atoms with E-state index in [0.717, 1.165) is 70.1 Å². The number of morpholine rings is 1. The molecule has 2 aromatic carbocycles. The minimum Gasteiger partial charge on any atom is -0.494 e. The van der Waals surface area contributed by atoms with Gasteiger partial charge in [-0.25, -0.2) is 4.90 Å². The molecule has 3 heterocycles.